The van der Waals surface area contributed by atoms with Crippen molar-refractivity contribution in [2.24, 2.45) is 0 Å². The Morgan fingerprint density at radius 2 is 1.00 bits per heavy atom. The fourth-order valence-corrected chi connectivity index (χ4v) is 7.48. The van der Waals surface area contributed by atoms with Crippen molar-refractivity contribution in [3.63, 3.8) is 0 Å². The van der Waals surface area contributed by atoms with Gasteiger partial charge in [-0.05, 0) is 86.0 Å². The molecule has 1 aromatic heterocycles. The Hall–Kier alpha value is -4.98. The Kier molecular flexibility index (Phi) is 6.17. The minimum absolute atomic E-state index is 0.922. The van der Waals surface area contributed by atoms with Gasteiger partial charge in [-0.1, -0.05) is 133 Å². The quantitative estimate of drug-likeness (QED) is 0.199. The van der Waals surface area contributed by atoms with Gasteiger partial charge in [0.1, 0.15) is 0 Å². The largest absolute Gasteiger partial charge is 0.135 e. The van der Waals surface area contributed by atoms with Crippen molar-refractivity contribution in [1.29, 1.82) is 0 Å². The lowest BCUT2D eigenvalue weighted by molar-refractivity contribution is 1.19. The molecule has 0 radical (unpaired) electrons. The number of hydrogen-bond acceptors (Lipinski definition) is 1. The normalized spacial score (nSPS) is 11.4. The summed E-state index contributed by atoms with van der Waals surface area (Å²) in [4.78, 5) is 0. The predicted octanol–water partition coefficient (Wildman–Crippen LogP) is 11.8. The molecule has 0 aliphatic carbocycles. The third-order valence-corrected chi connectivity index (χ3v) is 9.50. The van der Waals surface area contributed by atoms with E-state index >= 15 is 0 Å². The van der Waals surface area contributed by atoms with Gasteiger partial charge in [0.05, 0.1) is 0 Å². The summed E-state index contributed by atoms with van der Waals surface area (Å²) in [5, 5.41) is 5.27. The molecule has 0 atom stereocenters. The van der Waals surface area contributed by atoms with Gasteiger partial charge in [-0.15, -0.1) is 11.3 Å². The maximum absolute atomic E-state index is 2.35. The van der Waals surface area contributed by atoms with Gasteiger partial charge in [-0.2, -0.15) is 0 Å². The molecular formula is C41H28S. The van der Waals surface area contributed by atoms with Crippen LogP contribution in [0.1, 0.15) is 11.1 Å². The van der Waals surface area contributed by atoms with Gasteiger partial charge in [-0.25, -0.2) is 0 Å². The van der Waals surface area contributed by atoms with E-state index in [-0.39, 0.29) is 0 Å². The van der Waals surface area contributed by atoms with Gasteiger partial charge < -0.3 is 0 Å². The van der Waals surface area contributed by atoms with Crippen molar-refractivity contribution in [2.45, 2.75) is 6.42 Å². The van der Waals surface area contributed by atoms with Crippen LogP contribution in [0.5, 0.6) is 0 Å². The fourth-order valence-electron chi connectivity index (χ4n) is 6.22. The Labute approximate surface area is 250 Å². The summed E-state index contributed by atoms with van der Waals surface area (Å²) in [7, 11) is 0. The van der Waals surface area contributed by atoms with Crippen molar-refractivity contribution < 1.29 is 0 Å². The number of hydrogen-bond donors (Lipinski definition) is 0. The van der Waals surface area contributed by atoms with Gasteiger partial charge >= 0.3 is 0 Å². The minimum atomic E-state index is 0.922. The first-order chi connectivity index (χ1) is 20.8. The SMILES string of the molecule is c1ccc(Cc2ccccc2-c2cccc(-c3cccc(-c4cccc5c4sc4cc6ccccc6cc45)c3)c2)cc1. The maximum atomic E-state index is 2.35. The molecule has 1 heterocycles. The fraction of sp³-hybridized carbons (Fsp3) is 0.0244. The van der Waals surface area contributed by atoms with E-state index < -0.39 is 0 Å². The summed E-state index contributed by atoms with van der Waals surface area (Å²) < 4.78 is 2.69. The molecule has 0 saturated heterocycles. The van der Waals surface area contributed by atoms with E-state index in [1.807, 2.05) is 11.3 Å². The molecule has 0 bridgehead atoms. The molecule has 8 aromatic rings. The van der Waals surface area contributed by atoms with Crippen LogP contribution in [0.3, 0.4) is 0 Å². The highest BCUT2D eigenvalue weighted by atomic mass is 32.1. The Balaban J connectivity index is 1.20. The number of fused-ring (bicyclic) bond motifs is 4. The van der Waals surface area contributed by atoms with E-state index in [9.17, 15) is 0 Å². The summed E-state index contributed by atoms with van der Waals surface area (Å²) in [6.45, 7) is 0. The smallest absolute Gasteiger partial charge is 0.0433 e. The third-order valence-electron chi connectivity index (χ3n) is 8.30. The van der Waals surface area contributed by atoms with E-state index in [4.69, 9.17) is 0 Å². The minimum Gasteiger partial charge on any atom is -0.135 e. The molecule has 0 fully saturated rings. The van der Waals surface area contributed by atoms with E-state index in [1.165, 1.54) is 75.5 Å². The van der Waals surface area contributed by atoms with Gasteiger partial charge in [0.2, 0.25) is 0 Å². The second-order valence-electron chi connectivity index (χ2n) is 11.0. The van der Waals surface area contributed by atoms with Crippen LogP contribution in [-0.2, 0) is 6.42 Å². The van der Waals surface area contributed by atoms with Crippen LogP contribution in [0, 0.1) is 0 Å². The molecule has 0 unspecified atom stereocenters. The molecule has 1 heteroatoms. The number of thiophene rings is 1. The molecule has 198 valence electrons. The molecule has 0 N–H and O–H groups in total. The second kappa shape index (κ2) is 10.4. The predicted molar refractivity (Wildman–Crippen MR) is 182 cm³/mol. The molecule has 0 aliphatic heterocycles. The van der Waals surface area contributed by atoms with Crippen LogP contribution in [0.2, 0.25) is 0 Å². The summed E-state index contributed by atoms with van der Waals surface area (Å²) >= 11 is 1.90. The van der Waals surface area contributed by atoms with Crippen LogP contribution >= 0.6 is 11.3 Å². The van der Waals surface area contributed by atoms with Crippen LogP contribution < -0.4 is 0 Å². The molecule has 0 nitrogen and oxygen atoms in total. The van der Waals surface area contributed by atoms with Crippen molar-refractivity contribution in [1.82, 2.24) is 0 Å². The second-order valence-corrected chi connectivity index (χ2v) is 12.0. The molecule has 0 aliphatic rings. The lowest BCUT2D eigenvalue weighted by atomic mass is 9.92. The summed E-state index contributed by atoms with van der Waals surface area (Å²) in [5.74, 6) is 0. The monoisotopic (exact) mass is 552 g/mol. The van der Waals surface area contributed by atoms with E-state index in [0.29, 0.717) is 0 Å². The molecule has 0 amide bonds. The lowest BCUT2D eigenvalue weighted by Crippen LogP contribution is -1.92. The van der Waals surface area contributed by atoms with Crippen molar-refractivity contribution in [3.8, 4) is 33.4 Å². The zero-order valence-corrected chi connectivity index (χ0v) is 23.9. The van der Waals surface area contributed by atoms with Crippen molar-refractivity contribution in [2.75, 3.05) is 0 Å². The van der Waals surface area contributed by atoms with Gasteiger partial charge in [0.15, 0.2) is 0 Å². The van der Waals surface area contributed by atoms with E-state index in [2.05, 4.69) is 158 Å². The molecule has 7 aromatic carbocycles. The average molecular weight is 553 g/mol. The van der Waals surface area contributed by atoms with Crippen molar-refractivity contribution >= 4 is 42.3 Å². The topological polar surface area (TPSA) is 0 Å². The first-order valence-electron chi connectivity index (χ1n) is 14.5. The molecule has 42 heavy (non-hydrogen) atoms. The van der Waals surface area contributed by atoms with E-state index in [1.54, 1.807) is 0 Å². The van der Waals surface area contributed by atoms with Crippen LogP contribution in [0.25, 0.3) is 64.3 Å². The zero-order chi connectivity index (χ0) is 27.9. The Bertz CT molecular complexity index is 2220. The average Bonchev–Trinajstić information content (AvgIpc) is 3.42. The molecule has 8 rings (SSSR count). The molecule has 0 saturated carbocycles. The lowest BCUT2D eigenvalue weighted by Gasteiger charge is -2.12. The Morgan fingerprint density at radius 1 is 0.405 bits per heavy atom. The summed E-state index contributed by atoms with van der Waals surface area (Å²) in [6, 6.07) is 57.6. The van der Waals surface area contributed by atoms with Crippen LogP contribution in [-0.4, -0.2) is 0 Å². The summed E-state index contributed by atoms with van der Waals surface area (Å²) in [5.41, 5.74) is 10.2. The van der Waals surface area contributed by atoms with Crippen LogP contribution in [0.4, 0.5) is 0 Å². The van der Waals surface area contributed by atoms with Gasteiger partial charge in [-0.3, -0.25) is 0 Å². The molecule has 0 spiro atoms. The first-order valence-corrected chi connectivity index (χ1v) is 15.3. The Morgan fingerprint density at radius 3 is 1.79 bits per heavy atom. The van der Waals surface area contributed by atoms with Gasteiger partial charge in [0.25, 0.3) is 0 Å². The van der Waals surface area contributed by atoms with E-state index in [0.717, 1.165) is 6.42 Å². The highest BCUT2D eigenvalue weighted by molar-refractivity contribution is 7.26. The summed E-state index contributed by atoms with van der Waals surface area (Å²) in [6.07, 6.45) is 0.922. The standard InChI is InChI=1S/C41H28S/c1-2-11-28(12-3-1)23-33-15-6-7-20-36(33)34-18-8-16-29(24-34)30-17-9-19-35(25-30)37-21-10-22-38-39-26-31-13-4-5-14-32(31)27-40(39)42-41(37)38/h1-22,24-27H,23H2. The highest BCUT2D eigenvalue weighted by Gasteiger charge is 2.13. The number of rotatable bonds is 5. The zero-order valence-electron chi connectivity index (χ0n) is 23.1. The maximum Gasteiger partial charge on any atom is 0.0433 e. The van der Waals surface area contributed by atoms with Crippen molar-refractivity contribution in [3.05, 3.63) is 169 Å². The third kappa shape index (κ3) is 4.49. The van der Waals surface area contributed by atoms with Gasteiger partial charge in [0, 0.05) is 20.2 Å². The van der Waals surface area contributed by atoms with Crippen LogP contribution in [0.15, 0.2) is 158 Å². The highest BCUT2D eigenvalue weighted by Crippen LogP contribution is 2.42. The first kappa shape index (κ1) is 24.8. The number of benzene rings is 7. The molecular weight excluding hydrogens is 525 g/mol.